The molecule has 0 aromatic carbocycles. The number of carbonyl (C=O) groups excluding carboxylic acids is 1. The van der Waals surface area contributed by atoms with E-state index in [4.69, 9.17) is 4.74 Å². The number of hydrogen-bond acceptors (Lipinski definition) is 5. The third-order valence-electron chi connectivity index (χ3n) is 4.63. The summed E-state index contributed by atoms with van der Waals surface area (Å²) in [6, 6.07) is 0. The first-order chi connectivity index (χ1) is 12.1. The monoisotopic (exact) mass is 382 g/mol. The summed E-state index contributed by atoms with van der Waals surface area (Å²) in [4.78, 5) is 12.1. The summed E-state index contributed by atoms with van der Waals surface area (Å²) in [5.41, 5.74) is 0. The number of hydrogen-bond donors (Lipinski definition) is 1. The summed E-state index contributed by atoms with van der Waals surface area (Å²) in [5.74, 6) is 8.21. The molecule has 0 amide bonds. The molecule has 0 aliphatic carbocycles. The van der Waals surface area contributed by atoms with Gasteiger partial charge in [-0.25, -0.2) is 0 Å². The highest BCUT2D eigenvalue weighted by molar-refractivity contribution is 8.18. The molecule has 0 radical (unpaired) electrons. The van der Waals surface area contributed by atoms with E-state index < -0.39 is 0 Å². The van der Waals surface area contributed by atoms with Crippen LogP contribution in [-0.4, -0.2) is 38.9 Å². The predicted octanol–water partition coefficient (Wildman–Crippen LogP) is 4.54. The molecule has 2 rings (SSSR count). The Hall–Kier alpha value is -0.570. The van der Waals surface area contributed by atoms with Crippen molar-refractivity contribution in [2.24, 2.45) is 0 Å². The summed E-state index contributed by atoms with van der Waals surface area (Å²) in [6.45, 7) is 3.79. The van der Waals surface area contributed by atoms with Crippen LogP contribution in [-0.2, 0) is 9.53 Å². The lowest BCUT2D eigenvalue weighted by molar-refractivity contribution is -0.149. The van der Waals surface area contributed by atoms with Crippen molar-refractivity contribution in [3.63, 3.8) is 0 Å². The van der Waals surface area contributed by atoms with Crippen molar-refractivity contribution < 1.29 is 14.6 Å². The number of aliphatic hydroxyl groups excluding tert-OH is 1. The first-order valence-electron chi connectivity index (χ1n) is 9.36. The minimum atomic E-state index is -0.362. The predicted molar refractivity (Wildman–Crippen MR) is 108 cm³/mol. The van der Waals surface area contributed by atoms with E-state index in [1.165, 1.54) is 17.9 Å². The van der Waals surface area contributed by atoms with E-state index in [2.05, 4.69) is 18.4 Å². The standard InChI is InChI=1S/C20H30O3S2/c1-2-3-9-18-12-14-20(24-15-7-16-25-20)13-11-17(21)8-5-4-6-10-19(22)23-18/h2,17-18,21H,1,3,6-16H2. The molecule has 2 aliphatic rings. The first-order valence-corrected chi connectivity index (χ1v) is 11.3. The molecule has 1 N–H and O–H groups in total. The first kappa shape index (κ1) is 20.7. The molecule has 140 valence electrons. The summed E-state index contributed by atoms with van der Waals surface area (Å²) >= 11 is 4.06. The summed E-state index contributed by atoms with van der Waals surface area (Å²) in [6.07, 6.45) is 9.50. The number of carbonyl (C=O) groups is 1. The second kappa shape index (κ2) is 11.2. The van der Waals surface area contributed by atoms with Gasteiger partial charge in [-0.2, -0.15) is 0 Å². The van der Waals surface area contributed by atoms with Crippen LogP contribution in [0.1, 0.15) is 64.2 Å². The maximum atomic E-state index is 12.1. The second-order valence-electron chi connectivity index (χ2n) is 6.73. The number of cyclic esters (lactones) is 1. The van der Waals surface area contributed by atoms with Crippen LogP contribution in [0.25, 0.3) is 0 Å². The highest BCUT2D eigenvalue weighted by Gasteiger charge is 2.34. The van der Waals surface area contributed by atoms with Crippen LogP contribution in [0.3, 0.4) is 0 Å². The van der Waals surface area contributed by atoms with Gasteiger partial charge in [0.05, 0.1) is 16.6 Å². The normalized spacial score (nSPS) is 28.3. The van der Waals surface area contributed by atoms with Gasteiger partial charge in [-0.05, 0) is 56.5 Å². The van der Waals surface area contributed by atoms with Gasteiger partial charge in [-0.1, -0.05) is 6.08 Å². The highest BCUT2D eigenvalue weighted by Crippen LogP contribution is 2.49. The van der Waals surface area contributed by atoms with E-state index in [0.717, 1.165) is 38.5 Å². The molecule has 3 nitrogen and oxygen atoms in total. The minimum absolute atomic E-state index is 0.0358. The Kier molecular flexibility index (Phi) is 9.30. The highest BCUT2D eigenvalue weighted by atomic mass is 32.2. The fraction of sp³-hybridized carbons (Fsp3) is 0.750. The quantitative estimate of drug-likeness (QED) is 0.441. The van der Waals surface area contributed by atoms with Gasteiger partial charge < -0.3 is 9.84 Å². The van der Waals surface area contributed by atoms with Crippen molar-refractivity contribution >= 4 is 29.5 Å². The van der Waals surface area contributed by atoms with Gasteiger partial charge >= 0.3 is 5.97 Å². The van der Waals surface area contributed by atoms with E-state index >= 15 is 0 Å². The largest absolute Gasteiger partial charge is 0.462 e. The SMILES string of the molecule is C=CCCC1CCC2(CCC(O)CC#CCCC(=O)O1)SCCCS2. The van der Waals surface area contributed by atoms with E-state index in [1.54, 1.807) is 0 Å². The average molecular weight is 383 g/mol. The van der Waals surface area contributed by atoms with Crippen molar-refractivity contribution in [1.82, 2.24) is 0 Å². The molecule has 0 saturated carbocycles. The van der Waals surface area contributed by atoms with Crippen LogP contribution in [0.5, 0.6) is 0 Å². The molecule has 2 unspecified atom stereocenters. The molecule has 0 bridgehead atoms. The third kappa shape index (κ3) is 7.68. The summed E-state index contributed by atoms with van der Waals surface area (Å²) in [5, 5.41) is 10.2. The lowest BCUT2D eigenvalue weighted by atomic mass is 10.0. The Morgan fingerprint density at radius 2 is 2.04 bits per heavy atom. The minimum Gasteiger partial charge on any atom is -0.462 e. The zero-order valence-corrected chi connectivity index (χ0v) is 16.6. The molecular weight excluding hydrogens is 352 g/mol. The topological polar surface area (TPSA) is 46.5 Å². The number of rotatable bonds is 3. The molecule has 0 aromatic rings. The molecule has 2 heterocycles. The number of aliphatic hydroxyl groups is 1. The van der Waals surface area contributed by atoms with Crippen molar-refractivity contribution in [2.75, 3.05) is 11.5 Å². The molecule has 25 heavy (non-hydrogen) atoms. The smallest absolute Gasteiger partial charge is 0.307 e. The third-order valence-corrected chi connectivity index (χ3v) is 8.19. The van der Waals surface area contributed by atoms with Crippen molar-refractivity contribution in [3.8, 4) is 11.8 Å². The lowest BCUT2D eigenvalue weighted by Crippen LogP contribution is -2.29. The molecule has 1 fully saturated rings. The average Bonchev–Trinajstić information content (AvgIpc) is 2.62. The van der Waals surface area contributed by atoms with Crippen LogP contribution in [0, 0.1) is 11.8 Å². The molecule has 0 aromatic heterocycles. The maximum absolute atomic E-state index is 12.1. The zero-order chi connectivity index (χ0) is 18.0. The Morgan fingerprint density at radius 1 is 1.28 bits per heavy atom. The molecular formula is C20H30O3S2. The Morgan fingerprint density at radius 3 is 2.80 bits per heavy atom. The fourth-order valence-corrected chi connectivity index (χ4v) is 6.54. The van der Waals surface area contributed by atoms with E-state index in [-0.39, 0.29) is 22.3 Å². The molecule has 2 atom stereocenters. The Balaban J connectivity index is 2.07. The van der Waals surface area contributed by atoms with Crippen LogP contribution in [0.4, 0.5) is 0 Å². The number of allylic oxidation sites excluding steroid dienone is 1. The maximum Gasteiger partial charge on any atom is 0.307 e. The van der Waals surface area contributed by atoms with E-state index in [1.807, 2.05) is 29.6 Å². The zero-order valence-electron chi connectivity index (χ0n) is 15.0. The Bertz CT molecular complexity index is 489. The van der Waals surface area contributed by atoms with Crippen molar-refractivity contribution in [1.29, 1.82) is 0 Å². The lowest BCUT2D eigenvalue weighted by Gasteiger charge is -2.37. The van der Waals surface area contributed by atoms with Gasteiger partial charge in [0.1, 0.15) is 6.10 Å². The molecule has 2 aliphatic heterocycles. The van der Waals surface area contributed by atoms with Crippen LogP contribution < -0.4 is 0 Å². The number of thioether (sulfide) groups is 2. The van der Waals surface area contributed by atoms with Crippen molar-refractivity contribution in [3.05, 3.63) is 12.7 Å². The molecule has 1 saturated heterocycles. The Labute approximate surface area is 160 Å². The van der Waals surface area contributed by atoms with Gasteiger partial charge in [-0.3, -0.25) is 4.79 Å². The van der Waals surface area contributed by atoms with Gasteiger partial charge in [0.15, 0.2) is 0 Å². The fourth-order valence-electron chi connectivity index (χ4n) is 3.15. The second-order valence-corrected chi connectivity index (χ2v) is 9.94. The van der Waals surface area contributed by atoms with Gasteiger partial charge in [0, 0.05) is 12.8 Å². The molecule has 1 spiro atoms. The van der Waals surface area contributed by atoms with Crippen LogP contribution in [0.15, 0.2) is 12.7 Å². The summed E-state index contributed by atoms with van der Waals surface area (Å²) < 4.78 is 5.88. The number of esters is 1. The van der Waals surface area contributed by atoms with Crippen LogP contribution >= 0.6 is 23.5 Å². The van der Waals surface area contributed by atoms with E-state index in [0.29, 0.717) is 19.3 Å². The van der Waals surface area contributed by atoms with Gasteiger partial charge in [0.2, 0.25) is 0 Å². The molecule has 5 heteroatoms. The van der Waals surface area contributed by atoms with Crippen molar-refractivity contribution in [2.45, 2.75) is 80.5 Å². The number of ether oxygens (including phenoxy) is 1. The van der Waals surface area contributed by atoms with Gasteiger partial charge in [-0.15, -0.1) is 41.9 Å². The van der Waals surface area contributed by atoms with Gasteiger partial charge in [0.25, 0.3) is 0 Å². The summed E-state index contributed by atoms with van der Waals surface area (Å²) in [7, 11) is 0. The van der Waals surface area contributed by atoms with E-state index in [9.17, 15) is 9.90 Å². The van der Waals surface area contributed by atoms with Crippen LogP contribution in [0.2, 0.25) is 0 Å².